The van der Waals surface area contributed by atoms with Crippen LogP contribution < -0.4 is 10.2 Å². The summed E-state index contributed by atoms with van der Waals surface area (Å²) in [6, 6.07) is 7.96. The van der Waals surface area contributed by atoms with Crippen molar-refractivity contribution < 1.29 is 35.8 Å². The van der Waals surface area contributed by atoms with E-state index in [0.717, 1.165) is 12.1 Å². The van der Waals surface area contributed by atoms with E-state index in [1.807, 2.05) is 0 Å². The van der Waals surface area contributed by atoms with Gasteiger partial charge in [0.25, 0.3) is 0 Å². The fraction of sp³-hybridized carbons (Fsp3) is 0.125. The van der Waals surface area contributed by atoms with Gasteiger partial charge in [-0.1, -0.05) is 35.8 Å². The van der Waals surface area contributed by atoms with Crippen molar-refractivity contribution in [1.82, 2.24) is 0 Å². The van der Waals surface area contributed by atoms with Crippen molar-refractivity contribution in [3.63, 3.8) is 0 Å². The van der Waals surface area contributed by atoms with E-state index in [1.54, 1.807) is 0 Å². The molecule has 2 aromatic rings. The summed E-state index contributed by atoms with van der Waals surface area (Å²) in [6.45, 7) is 0.520. The van der Waals surface area contributed by atoms with E-state index >= 15 is 0 Å². The van der Waals surface area contributed by atoms with E-state index in [-0.39, 0.29) is 41.0 Å². The predicted molar refractivity (Wildman–Crippen MR) is 76.6 cm³/mol. The van der Waals surface area contributed by atoms with Crippen LogP contribution in [0.4, 0.5) is 8.78 Å². The average molecular weight is 361 g/mol. The quantitative estimate of drug-likeness (QED) is 0.600. The standard InChI is InChI=1S/C16H14F2N2O2.Co/c17-13-5-1-3-11(15(13)21)9-19-7-8-20-10-12-4-2-6-14(18)16(12)22;/h1-6,9-10,21-22H,7-8H2;/q;+2/p-2. The summed E-state index contributed by atoms with van der Waals surface area (Å²) in [4.78, 5) is 7.91. The number of aliphatic imine (C=N–C) groups is 2. The van der Waals surface area contributed by atoms with Crippen LogP contribution in [0.1, 0.15) is 11.1 Å². The summed E-state index contributed by atoms with van der Waals surface area (Å²) in [5.74, 6) is -3.05. The van der Waals surface area contributed by atoms with E-state index in [0.29, 0.717) is 0 Å². The first-order valence-electron chi connectivity index (χ1n) is 6.50. The minimum absolute atomic E-state index is 0. The van der Waals surface area contributed by atoms with Gasteiger partial charge < -0.3 is 10.2 Å². The normalized spacial score (nSPS) is 11.0. The number of rotatable bonds is 5. The van der Waals surface area contributed by atoms with Crippen LogP contribution in [0.3, 0.4) is 0 Å². The second-order valence-corrected chi connectivity index (χ2v) is 4.39. The van der Waals surface area contributed by atoms with E-state index in [4.69, 9.17) is 0 Å². The van der Waals surface area contributed by atoms with Crippen LogP contribution in [0.5, 0.6) is 11.5 Å². The molecule has 2 rings (SSSR count). The molecule has 121 valence electrons. The summed E-state index contributed by atoms with van der Waals surface area (Å²) in [5.41, 5.74) is 0.326. The molecule has 0 spiro atoms. The number of hydrogen-bond acceptors (Lipinski definition) is 4. The van der Waals surface area contributed by atoms with E-state index < -0.39 is 23.1 Å². The largest absolute Gasteiger partial charge is 2.00 e. The third-order valence-corrected chi connectivity index (χ3v) is 2.81. The van der Waals surface area contributed by atoms with Crippen LogP contribution in [0, 0.1) is 11.6 Å². The van der Waals surface area contributed by atoms with Crippen LogP contribution in [-0.2, 0) is 16.8 Å². The Kier molecular flexibility index (Phi) is 7.37. The molecule has 0 aliphatic carbocycles. The van der Waals surface area contributed by atoms with Crippen LogP contribution in [0.25, 0.3) is 0 Å². The molecule has 0 saturated heterocycles. The first-order chi connectivity index (χ1) is 10.6. The van der Waals surface area contributed by atoms with E-state index in [1.165, 1.54) is 36.7 Å². The molecule has 0 fully saturated rings. The predicted octanol–water partition coefficient (Wildman–Crippen LogP) is 1.65. The van der Waals surface area contributed by atoms with Crippen LogP contribution in [0.15, 0.2) is 46.4 Å². The Balaban J connectivity index is 0.00000264. The van der Waals surface area contributed by atoms with Gasteiger partial charge in [-0.05, 0) is 23.3 Å². The molecule has 0 aliphatic rings. The Hall–Kier alpha value is -2.25. The average Bonchev–Trinajstić information content (AvgIpc) is 2.51. The summed E-state index contributed by atoms with van der Waals surface area (Å²) >= 11 is 0. The molecule has 7 heteroatoms. The van der Waals surface area contributed by atoms with Gasteiger partial charge in [0, 0.05) is 12.4 Å². The van der Waals surface area contributed by atoms with Crippen molar-refractivity contribution >= 4 is 12.4 Å². The molecule has 0 bridgehead atoms. The third-order valence-electron chi connectivity index (χ3n) is 2.81. The zero-order chi connectivity index (χ0) is 15.9. The van der Waals surface area contributed by atoms with Gasteiger partial charge in [0.2, 0.25) is 0 Å². The fourth-order valence-corrected chi connectivity index (χ4v) is 1.70. The molecule has 0 saturated carbocycles. The van der Waals surface area contributed by atoms with Crippen molar-refractivity contribution in [2.45, 2.75) is 0 Å². The zero-order valence-electron chi connectivity index (χ0n) is 11.8. The molecular weight excluding hydrogens is 349 g/mol. The minimum Gasteiger partial charge on any atom is -0.870 e. The van der Waals surface area contributed by atoms with Gasteiger partial charge in [-0.3, -0.25) is 9.98 Å². The van der Waals surface area contributed by atoms with Gasteiger partial charge in [0.05, 0.1) is 13.1 Å². The van der Waals surface area contributed by atoms with Gasteiger partial charge >= 0.3 is 16.8 Å². The smallest absolute Gasteiger partial charge is 0.870 e. The van der Waals surface area contributed by atoms with Crippen molar-refractivity contribution in [2.75, 3.05) is 13.1 Å². The second-order valence-electron chi connectivity index (χ2n) is 4.39. The molecule has 1 radical (unpaired) electrons. The molecule has 23 heavy (non-hydrogen) atoms. The second kappa shape index (κ2) is 9.01. The number of para-hydroxylation sites is 2. The van der Waals surface area contributed by atoms with E-state index in [2.05, 4.69) is 9.98 Å². The van der Waals surface area contributed by atoms with Gasteiger partial charge in [-0.25, -0.2) is 8.78 Å². The monoisotopic (exact) mass is 361 g/mol. The van der Waals surface area contributed by atoms with Crippen molar-refractivity contribution in [1.29, 1.82) is 0 Å². The third kappa shape index (κ3) is 5.15. The number of halogens is 2. The number of benzene rings is 2. The Labute approximate surface area is 142 Å². The molecule has 0 unspecified atom stereocenters. The van der Waals surface area contributed by atoms with Crippen LogP contribution in [0.2, 0.25) is 0 Å². The first-order valence-corrected chi connectivity index (χ1v) is 6.50. The maximum atomic E-state index is 13.0. The summed E-state index contributed by atoms with van der Waals surface area (Å²) < 4.78 is 26.0. The van der Waals surface area contributed by atoms with Crippen molar-refractivity contribution in [3.05, 3.63) is 59.2 Å². The maximum absolute atomic E-state index is 13.0. The van der Waals surface area contributed by atoms with Gasteiger partial charge in [-0.15, -0.1) is 0 Å². The van der Waals surface area contributed by atoms with Crippen molar-refractivity contribution in [2.24, 2.45) is 9.98 Å². The first kappa shape index (κ1) is 18.8. The molecule has 0 aromatic heterocycles. The number of hydrogen-bond donors (Lipinski definition) is 0. The van der Waals surface area contributed by atoms with Crippen LogP contribution in [-0.4, -0.2) is 25.5 Å². The topological polar surface area (TPSA) is 70.8 Å². The Morgan fingerprint density at radius 1 is 0.783 bits per heavy atom. The molecule has 0 amide bonds. The van der Waals surface area contributed by atoms with Gasteiger partial charge in [0.15, 0.2) is 0 Å². The Morgan fingerprint density at radius 2 is 1.17 bits per heavy atom. The summed E-state index contributed by atoms with van der Waals surface area (Å²) in [5, 5.41) is 22.8. The molecular formula is C16H12CoF2N2O2. The fourth-order valence-electron chi connectivity index (χ4n) is 1.70. The maximum Gasteiger partial charge on any atom is 2.00 e. The molecule has 0 N–H and O–H groups in total. The molecule has 0 heterocycles. The zero-order valence-corrected chi connectivity index (χ0v) is 12.9. The SMILES string of the molecule is [Co+2].[O-]c1c(F)cccc1C=NCCN=Cc1cccc(F)c1[O-]. The van der Waals surface area contributed by atoms with Crippen molar-refractivity contribution in [3.8, 4) is 11.5 Å². The molecule has 0 atom stereocenters. The van der Waals surface area contributed by atoms with Crippen LogP contribution >= 0.6 is 0 Å². The molecule has 0 aliphatic heterocycles. The number of nitrogens with zero attached hydrogens (tertiary/aromatic N) is 2. The van der Waals surface area contributed by atoms with Gasteiger partial charge in [0.1, 0.15) is 11.6 Å². The van der Waals surface area contributed by atoms with Gasteiger partial charge in [-0.2, -0.15) is 0 Å². The summed E-state index contributed by atoms with van der Waals surface area (Å²) in [6.07, 6.45) is 2.56. The van der Waals surface area contributed by atoms with E-state index in [9.17, 15) is 19.0 Å². The molecule has 4 nitrogen and oxygen atoms in total. The molecule has 2 aromatic carbocycles. The summed E-state index contributed by atoms with van der Waals surface area (Å²) in [7, 11) is 0. The minimum atomic E-state index is -0.823. The Bertz CT molecular complexity index is 660. The Morgan fingerprint density at radius 3 is 1.57 bits per heavy atom.